The molecule has 0 aliphatic carbocycles. The molecule has 2 aromatic heterocycles. The van der Waals surface area contributed by atoms with E-state index in [2.05, 4.69) is 20.8 Å². The van der Waals surface area contributed by atoms with Crippen molar-refractivity contribution in [3.63, 3.8) is 0 Å². The number of hydroxylamine groups is 1. The third-order valence-corrected chi connectivity index (χ3v) is 7.31. The van der Waals surface area contributed by atoms with Crippen LogP contribution in [0.15, 0.2) is 55.0 Å². The number of esters is 1. The SMILES string of the molecule is CC[C@H](C)[C@H](N)C(=O)OCCOC[C@@H]1C=C(c2ccc(-c3ccc(N4C[C@H](Cn5ccnn5)OC4=O)cc3F)cn2)NO1. The van der Waals surface area contributed by atoms with Crippen LogP contribution >= 0.6 is 0 Å². The zero-order chi connectivity index (χ0) is 30.3. The monoisotopic (exact) mass is 595 g/mol. The van der Waals surface area contributed by atoms with Gasteiger partial charge in [0.15, 0.2) is 0 Å². The minimum Gasteiger partial charge on any atom is -0.462 e. The van der Waals surface area contributed by atoms with Crippen LogP contribution in [0, 0.1) is 11.7 Å². The Kier molecular flexibility index (Phi) is 9.59. The van der Waals surface area contributed by atoms with Crippen molar-refractivity contribution < 1.29 is 33.0 Å². The summed E-state index contributed by atoms with van der Waals surface area (Å²) in [5, 5.41) is 7.63. The first-order chi connectivity index (χ1) is 20.8. The Bertz CT molecular complexity index is 1440. The van der Waals surface area contributed by atoms with Gasteiger partial charge in [-0.15, -0.1) is 5.10 Å². The van der Waals surface area contributed by atoms with Crippen LogP contribution in [-0.4, -0.2) is 76.7 Å². The third kappa shape index (κ3) is 7.34. The van der Waals surface area contributed by atoms with Crippen molar-refractivity contribution in [2.45, 2.75) is 45.1 Å². The molecule has 0 radical (unpaired) electrons. The van der Waals surface area contributed by atoms with Gasteiger partial charge in [0, 0.05) is 23.5 Å². The molecule has 1 fully saturated rings. The normalized spacial score (nSPS) is 19.5. The van der Waals surface area contributed by atoms with E-state index in [1.807, 2.05) is 19.9 Å². The highest BCUT2D eigenvalue weighted by Crippen LogP contribution is 2.30. The molecule has 0 saturated carbocycles. The van der Waals surface area contributed by atoms with Gasteiger partial charge >= 0.3 is 12.1 Å². The number of nitrogens with two attached hydrogens (primary N) is 1. The number of pyridine rings is 1. The van der Waals surface area contributed by atoms with Gasteiger partial charge in [-0.1, -0.05) is 31.5 Å². The van der Waals surface area contributed by atoms with E-state index in [1.54, 1.807) is 47.5 Å². The fourth-order valence-corrected chi connectivity index (χ4v) is 4.58. The van der Waals surface area contributed by atoms with Crippen LogP contribution in [-0.2, 0) is 30.4 Å². The Labute approximate surface area is 247 Å². The van der Waals surface area contributed by atoms with Crippen molar-refractivity contribution in [2.75, 3.05) is 31.3 Å². The molecule has 14 heteroatoms. The fraction of sp³-hybridized carbons (Fsp3) is 0.414. The molecule has 4 heterocycles. The van der Waals surface area contributed by atoms with Crippen molar-refractivity contribution in [1.29, 1.82) is 0 Å². The Morgan fingerprint density at radius 1 is 1.28 bits per heavy atom. The third-order valence-electron chi connectivity index (χ3n) is 7.31. The first kappa shape index (κ1) is 30.1. The van der Waals surface area contributed by atoms with Crippen LogP contribution in [0.3, 0.4) is 0 Å². The summed E-state index contributed by atoms with van der Waals surface area (Å²) in [6, 6.07) is 7.45. The minimum absolute atomic E-state index is 0.0467. The van der Waals surface area contributed by atoms with Crippen molar-refractivity contribution in [3.05, 3.63) is 66.5 Å². The lowest BCUT2D eigenvalue weighted by atomic mass is 10.0. The average Bonchev–Trinajstić information content (AvgIpc) is 3.78. The van der Waals surface area contributed by atoms with Gasteiger partial charge in [0.1, 0.15) is 30.7 Å². The number of rotatable bonds is 13. The summed E-state index contributed by atoms with van der Waals surface area (Å²) in [7, 11) is 0. The number of carbonyl (C=O) groups excluding carboxylic acids is 2. The minimum atomic E-state index is -0.645. The second kappa shape index (κ2) is 13.7. The zero-order valence-corrected chi connectivity index (χ0v) is 23.9. The Morgan fingerprint density at radius 3 is 2.86 bits per heavy atom. The molecule has 1 aromatic carbocycles. The molecule has 1 amide bonds. The number of carbonyl (C=O) groups is 2. The molecule has 0 unspecified atom stereocenters. The number of anilines is 1. The van der Waals surface area contributed by atoms with E-state index >= 15 is 4.39 Å². The number of cyclic esters (lactones) is 1. The van der Waals surface area contributed by atoms with Crippen molar-refractivity contribution >= 4 is 23.4 Å². The second-order valence-corrected chi connectivity index (χ2v) is 10.3. The quantitative estimate of drug-likeness (QED) is 0.221. The van der Waals surface area contributed by atoms with Crippen LogP contribution in [0.4, 0.5) is 14.9 Å². The van der Waals surface area contributed by atoms with Gasteiger partial charge < -0.3 is 19.9 Å². The molecule has 4 atom stereocenters. The first-order valence-electron chi connectivity index (χ1n) is 14.0. The van der Waals surface area contributed by atoms with E-state index in [0.29, 0.717) is 34.8 Å². The van der Waals surface area contributed by atoms with Gasteiger partial charge in [-0.25, -0.2) is 13.9 Å². The smallest absolute Gasteiger partial charge is 0.414 e. The molecule has 0 bridgehead atoms. The topological polar surface area (TPSA) is 156 Å². The second-order valence-electron chi connectivity index (χ2n) is 10.3. The number of benzene rings is 1. The largest absolute Gasteiger partial charge is 0.462 e. The van der Waals surface area contributed by atoms with Crippen molar-refractivity contribution in [2.24, 2.45) is 11.7 Å². The number of hydrogen-bond acceptors (Lipinski definition) is 11. The predicted octanol–water partition coefficient (Wildman–Crippen LogP) is 2.68. The highest BCUT2D eigenvalue weighted by molar-refractivity contribution is 5.90. The van der Waals surface area contributed by atoms with Crippen LogP contribution in [0.2, 0.25) is 0 Å². The van der Waals surface area contributed by atoms with Crippen LogP contribution in [0.5, 0.6) is 0 Å². The van der Waals surface area contributed by atoms with Crippen LogP contribution < -0.4 is 16.1 Å². The van der Waals surface area contributed by atoms with Crippen molar-refractivity contribution in [3.8, 4) is 11.1 Å². The Hall–Kier alpha value is -4.40. The number of aromatic nitrogens is 4. The number of halogens is 1. The van der Waals surface area contributed by atoms with Crippen LogP contribution in [0.25, 0.3) is 16.8 Å². The number of hydrogen-bond donors (Lipinski definition) is 2. The van der Waals surface area contributed by atoms with E-state index in [4.69, 9.17) is 24.8 Å². The molecular weight excluding hydrogens is 561 g/mol. The highest BCUT2D eigenvalue weighted by atomic mass is 19.1. The summed E-state index contributed by atoms with van der Waals surface area (Å²) >= 11 is 0. The molecule has 1 saturated heterocycles. The molecule has 2 aliphatic rings. The molecule has 43 heavy (non-hydrogen) atoms. The molecule has 2 aliphatic heterocycles. The van der Waals surface area contributed by atoms with Gasteiger partial charge in [0.2, 0.25) is 0 Å². The maximum absolute atomic E-state index is 15.2. The number of nitrogens with zero attached hydrogens (tertiary/aromatic N) is 5. The maximum Gasteiger partial charge on any atom is 0.414 e. The molecule has 13 nitrogen and oxygen atoms in total. The van der Waals surface area contributed by atoms with Crippen LogP contribution in [0.1, 0.15) is 26.0 Å². The number of amides is 1. The van der Waals surface area contributed by atoms with E-state index in [-0.39, 0.29) is 38.4 Å². The van der Waals surface area contributed by atoms with E-state index in [0.717, 1.165) is 6.42 Å². The summed E-state index contributed by atoms with van der Waals surface area (Å²) in [6.07, 6.45) is 6.07. The summed E-state index contributed by atoms with van der Waals surface area (Å²) in [6.45, 7) is 5.06. The van der Waals surface area contributed by atoms with Crippen molar-refractivity contribution in [1.82, 2.24) is 25.5 Å². The van der Waals surface area contributed by atoms with E-state index < -0.39 is 30.0 Å². The van der Waals surface area contributed by atoms with Gasteiger partial charge in [0.05, 0.1) is 49.6 Å². The summed E-state index contributed by atoms with van der Waals surface area (Å²) in [5.74, 6) is -0.884. The molecule has 3 aromatic rings. The average molecular weight is 596 g/mol. The number of nitrogens with one attached hydrogen (secondary N) is 1. The lowest BCUT2D eigenvalue weighted by Crippen LogP contribution is -2.38. The predicted molar refractivity (Wildman–Crippen MR) is 152 cm³/mol. The zero-order valence-electron chi connectivity index (χ0n) is 23.9. The molecule has 0 spiro atoms. The van der Waals surface area contributed by atoms with E-state index in [1.165, 1.54) is 11.0 Å². The molecular formula is C29H34FN7O6. The summed E-state index contributed by atoms with van der Waals surface area (Å²) in [5.41, 5.74) is 11.3. The lowest BCUT2D eigenvalue weighted by molar-refractivity contribution is -0.148. The molecule has 3 N–H and O–H groups in total. The summed E-state index contributed by atoms with van der Waals surface area (Å²) in [4.78, 5) is 35.7. The van der Waals surface area contributed by atoms with E-state index in [9.17, 15) is 9.59 Å². The maximum atomic E-state index is 15.2. The van der Waals surface area contributed by atoms with Gasteiger partial charge in [-0.2, -0.15) is 0 Å². The van der Waals surface area contributed by atoms with Gasteiger partial charge in [-0.3, -0.25) is 25.0 Å². The van der Waals surface area contributed by atoms with Gasteiger partial charge in [-0.05, 0) is 36.3 Å². The molecule has 228 valence electrons. The Morgan fingerprint density at radius 2 is 2.14 bits per heavy atom. The summed E-state index contributed by atoms with van der Waals surface area (Å²) < 4.78 is 32.9. The highest BCUT2D eigenvalue weighted by Gasteiger charge is 2.33. The lowest BCUT2D eigenvalue weighted by Gasteiger charge is -2.17. The fourth-order valence-electron chi connectivity index (χ4n) is 4.58. The number of ether oxygens (including phenoxy) is 3. The first-order valence-corrected chi connectivity index (χ1v) is 14.0. The standard InChI is InChI=1S/C29H34FN7O6/c1-3-18(2)27(31)28(38)41-11-10-40-17-21-13-26(34-43-21)25-7-4-19(14-32-25)23-6-5-20(12-24(23)30)37-16-22(42-29(37)39)15-36-9-8-33-35-36/h4-9,12-14,18,21-22,27,34H,3,10-11,15-17,31H2,1-2H3/t18-,21-,22-,27-/m0/s1. The van der Waals surface area contributed by atoms with Gasteiger partial charge in [0.25, 0.3) is 0 Å². The molecule has 5 rings (SSSR count). The Balaban J connectivity index is 1.11.